The van der Waals surface area contributed by atoms with Gasteiger partial charge in [0.2, 0.25) is 0 Å². The molecule has 0 radical (unpaired) electrons. The van der Waals surface area contributed by atoms with Crippen molar-refractivity contribution in [3.05, 3.63) is 158 Å². The van der Waals surface area contributed by atoms with Gasteiger partial charge >= 0.3 is 0 Å². The van der Waals surface area contributed by atoms with Crippen LogP contribution in [0.1, 0.15) is 12.3 Å². The van der Waals surface area contributed by atoms with E-state index in [0.717, 1.165) is 54.2 Å². The van der Waals surface area contributed by atoms with Crippen molar-refractivity contribution in [1.29, 1.82) is 0 Å². The van der Waals surface area contributed by atoms with Gasteiger partial charge in [-0.1, -0.05) is 139 Å². The van der Waals surface area contributed by atoms with E-state index in [2.05, 4.69) is 60.7 Å². The maximum atomic E-state index is 9.61. The van der Waals surface area contributed by atoms with Crippen LogP contribution < -0.4 is 0 Å². The standard InChI is InChI=1S/C48H26O/c1-2-6-34-26-42-41(25-33(34)5-1)47-39(35-19-15-31-13-11-27-7-3-9-29-17-21-37(35)45(31)43(27)29)23-24-40(48(47)49-42)36-20-16-32-14-12-28-8-4-10-30-18-22-38(36)46(32)44(28)30/h1-26H/i3D,7D,9D,11D,13D,15D,17D,19D,21D. The molecular formula is C48H26O. The van der Waals surface area contributed by atoms with Crippen LogP contribution in [-0.2, 0) is 0 Å². The fourth-order valence-corrected chi connectivity index (χ4v) is 8.22. The molecule has 0 saturated carbocycles. The van der Waals surface area contributed by atoms with Crippen molar-refractivity contribution in [3.8, 4) is 22.3 Å². The van der Waals surface area contributed by atoms with Crippen molar-refractivity contribution in [3.63, 3.8) is 0 Å². The minimum Gasteiger partial charge on any atom is -0.455 e. The third-order valence-corrected chi connectivity index (χ3v) is 10.4. The summed E-state index contributed by atoms with van der Waals surface area (Å²) >= 11 is 0. The Hall–Kier alpha value is -6.44. The number of fused-ring (bicyclic) bond motifs is 4. The summed E-state index contributed by atoms with van der Waals surface area (Å²) in [6.45, 7) is 0. The van der Waals surface area contributed by atoms with Crippen molar-refractivity contribution in [1.82, 2.24) is 0 Å². The molecule has 49 heavy (non-hydrogen) atoms. The average Bonchev–Trinajstić information content (AvgIpc) is 3.61. The van der Waals surface area contributed by atoms with Gasteiger partial charge in [-0.25, -0.2) is 0 Å². The highest BCUT2D eigenvalue weighted by molar-refractivity contribution is 6.29. The first-order valence-electron chi connectivity index (χ1n) is 20.8. The van der Waals surface area contributed by atoms with Crippen molar-refractivity contribution < 1.29 is 16.8 Å². The fraction of sp³-hybridized carbons (Fsp3) is 0. The van der Waals surface area contributed by atoms with Gasteiger partial charge in [-0.2, -0.15) is 0 Å². The van der Waals surface area contributed by atoms with Crippen LogP contribution >= 0.6 is 0 Å². The molecule has 0 aliphatic rings. The van der Waals surface area contributed by atoms with Gasteiger partial charge in [0.05, 0.1) is 12.3 Å². The molecule has 0 fully saturated rings. The molecule has 1 aromatic heterocycles. The van der Waals surface area contributed by atoms with Crippen LogP contribution in [0.4, 0.5) is 0 Å². The monoisotopic (exact) mass is 627 g/mol. The number of rotatable bonds is 2. The Kier molecular flexibility index (Phi) is 3.50. The number of furan rings is 1. The van der Waals surface area contributed by atoms with E-state index in [0.29, 0.717) is 22.1 Å². The summed E-state index contributed by atoms with van der Waals surface area (Å²) in [5.74, 6) is 0. The van der Waals surface area contributed by atoms with Gasteiger partial charge in [0.15, 0.2) is 0 Å². The second-order valence-corrected chi connectivity index (χ2v) is 12.9. The molecule has 0 bridgehead atoms. The minimum absolute atomic E-state index is 0.0548. The molecule has 0 N–H and O–H groups in total. The first-order valence-corrected chi connectivity index (χ1v) is 16.3. The maximum Gasteiger partial charge on any atom is 0.143 e. The molecular weight excluding hydrogens is 593 g/mol. The Labute approximate surface area is 293 Å². The van der Waals surface area contributed by atoms with Crippen LogP contribution in [0.5, 0.6) is 0 Å². The molecule has 1 heteroatoms. The normalized spacial score (nSPS) is 15.1. The smallest absolute Gasteiger partial charge is 0.143 e. The Morgan fingerprint density at radius 3 is 1.78 bits per heavy atom. The van der Waals surface area contributed by atoms with Crippen LogP contribution in [0.2, 0.25) is 0 Å². The molecule has 0 amide bonds. The van der Waals surface area contributed by atoms with E-state index in [9.17, 15) is 5.48 Å². The van der Waals surface area contributed by atoms with Crippen LogP contribution in [0.3, 0.4) is 0 Å². The van der Waals surface area contributed by atoms with E-state index in [4.69, 9.17) is 11.3 Å². The minimum atomic E-state index is -0.500. The van der Waals surface area contributed by atoms with E-state index >= 15 is 0 Å². The van der Waals surface area contributed by atoms with Gasteiger partial charge < -0.3 is 4.42 Å². The number of hydrogen-bond acceptors (Lipinski definition) is 1. The molecule has 0 saturated heterocycles. The average molecular weight is 628 g/mol. The molecule has 1 nitrogen and oxygen atoms in total. The zero-order valence-corrected chi connectivity index (χ0v) is 25.7. The van der Waals surface area contributed by atoms with E-state index in [-0.39, 0.29) is 62.1 Å². The summed E-state index contributed by atoms with van der Waals surface area (Å²) in [6, 6.07) is 31.5. The van der Waals surface area contributed by atoms with Crippen LogP contribution in [0, 0.1) is 0 Å². The molecule has 1 heterocycles. The van der Waals surface area contributed by atoms with Gasteiger partial charge in [-0.3, -0.25) is 0 Å². The highest BCUT2D eigenvalue weighted by atomic mass is 16.3. The second-order valence-electron chi connectivity index (χ2n) is 12.9. The lowest BCUT2D eigenvalue weighted by atomic mass is 9.86. The highest BCUT2D eigenvalue weighted by Crippen LogP contribution is 2.48. The van der Waals surface area contributed by atoms with Crippen molar-refractivity contribution in [2.75, 3.05) is 0 Å². The summed E-state index contributed by atoms with van der Waals surface area (Å²) in [7, 11) is 0. The molecule has 12 aromatic rings. The maximum absolute atomic E-state index is 9.61. The van der Waals surface area contributed by atoms with E-state index in [1.807, 2.05) is 42.5 Å². The van der Waals surface area contributed by atoms with Gasteiger partial charge in [0, 0.05) is 16.3 Å². The van der Waals surface area contributed by atoms with Gasteiger partial charge in [-0.05, 0) is 110 Å². The third kappa shape index (κ3) is 3.34. The molecule has 0 aliphatic heterocycles. The van der Waals surface area contributed by atoms with Crippen LogP contribution in [0.15, 0.2) is 162 Å². The lowest BCUT2D eigenvalue weighted by Crippen LogP contribution is -1.90. The molecule has 0 unspecified atom stereocenters. The lowest BCUT2D eigenvalue weighted by molar-refractivity contribution is 0.670. The quantitative estimate of drug-likeness (QED) is 0.174. The molecule has 0 aliphatic carbocycles. The first kappa shape index (κ1) is 18.8. The summed E-state index contributed by atoms with van der Waals surface area (Å²) in [5.41, 5.74) is 3.59. The summed E-state index contributed by atoms with van der Waals surface area (Å²) in [6.07, 6.45) is 0. The summed E-state index contributed by atoms with van der Waals surface area (Å²) in [4.78, 5) is 0. The van der Waals surface area contributed by atoms with Gasteiger partial charge in [0.25, 0.3) is 0 Å². The summed E-state index contributed by atoms with van der Waals surface area (Å²) in [5, 5.41) is 10.3. The SMILES string of the molecule is [2H]c1c([2H])c2c([2H])c([2H])c3c([2H])c([2H])c(-c4ccc(-c5ccc6ccc7cccc8ccc5c6c78)c5oc6cc7ccccc7cc6c45)c4c([2H])c([2H])c(c1[2H])c2c34. The van der Waals surface area contributed by atoms with Gasteiger partial charge in [0.1, 0.15) is 11.2 Å². The molecule has 0 atom stereocenters. The predicted octanol–water partition coefficient (Wildman–Crippen LogP) is 13.9. The Morgan fingerprint density at radius 1 is 0.347 bits per heavy atom. The van der Waals surface area contributed by atoms with Crippen molar-refractivity contribution in [2.45, 2.75) is 0 Å². The van der Waals surface area contributed by atoms with Crippen molar-refractivity contribution >= 4 is 97.3 Å². The lowest BCUT2D eigenvalue weighted by Gasteiger charge is -2.16. The largest absolute Gasteiger partial charge is 0.455 e. The fourth-order valence-electron chi connectivity index (χ4n) is 8.22. The predicted molar refractivity (Wildman–Crippen MR) is 210 cm³/mol. The Morgan fingerprint density at radius 2 is 0.939 bits per heavy atom. The molecule has 11 aromatic carbocycles. The van der Waals surface area contributed by atoms with E-state index in [1.54, 1.807) is 0 Å². The number of benzene rings is 11. The topological polar surface area (TPSA) is 13.1 Å². The Bertz CT molecular complexity index is 3810. The Balaban J connectivity index is 1.28. The first-order chi connectivity index (χ1) is 28.0. The van der Waals surface area contributed by atoms with E-state index in [1.165, 1.54) is 5.39 Å². The highest BCUT2D eigenvalue weighted by Gasteiger charge is 2.22. The van der Waals surface area contributed by atoms with Crippen molar-refractivity contribution in [2.24, 2.45) is 0 Å². The zero-order chi connectivity index (χ0) is 39.6. The summed E-state index contributed by atoms with van der Waals surface area (Å²) < 4.78 is 88.7. The number of hydrogen-bond donors (Lipinski definition) is 0. The molecule has 12 rings (SSSR count). The van der Waals surface area contributed by atoms with Crippen LogP contribution in [0.25, 0.3) is 120 Å². The second kappa shape index (κ2) is 9.13. The zero-order valence-electron chi connectivity index (χ0n) is 34.7. The van der Waals surface area contributed by atoms with Gasteiger partial charge in [-0.15, -0.1) is 0 Å². The van der Waals surface area contributed by atoms with E-state index < -0.39 is 30.2 Å². The molecule has 224 valence electrons. The third-order valence-electron chi connectivity index (χ3n) is 10.4. The molecule has 0 spiro atoms. The van der Waals surface area contributed by atoms with Crippen LogP contribution in [-0.4, -0.2) is 0 Å².